The molecule has 0 unspecified atom stereocenters. The largest absolute Gasteiger partial charge is 0.369 e. The molecule has 1 amide bonds. The third-order valence-corrected chi connectivity index (χ3v) is 2.56. The van der Waals surface area contributed by atoms with Gasteiger partial charge in [0.05, 0.1) is 12.4 Å². The summed E-state index contributed by atoms with van der Waals surface area (Å²) in [7, 11) is 2.01. The molecule has 0 bridgehead atoms. The lowest BCUT2D eigenvalue weighted by molar-refractivity contribution is 0.0945. The number of rotatable bonds is 7. The molecule has 1 rings (SSSR count). The number of nitrogens with zero attached hydrogens (tertiary/aromatic N) is 3. The lowest BCUT2D eigenvalue weighted by Crippen LogP contribution is -2.33. The summed E-state index contributed by atoms with van der Waals surface area (Å²) in [6, 6.07) is 0. The minimum Gasteiger partial charge on any atom is -0.369 e. The van der Waals surface area contributed by atoms with Crippen molar-refractivity contribution in [2.45, 2.75) is 13.8 Å². The van der Waals surface area contributed by atoms with Crippen molar-refractivity contribution < 1.29 is 4.79 Å². The van der Waals surface area contributed by atoms with Crippen molar-refractivity contribution in [3.05, 3.63) is 18.1 Å². The van der Waals surface area contributed by atoms with E-state index in [4.69, 9.17) is 0 Å². The van der Waals surface area contributed by atoms with E-state index >= 15 is 0 Å². The van der Waals surface area contributed by atoms with Crippen LogP contribution in [0.3, 0.4) is 0 Å². The molecular weight excluding hydrogens is 230 g/mol. The Labute approximate surface area is 108 Å². The Hall–Kier alpha value is -1.69. The predicted molar refractivity (Wildman–Crippen MR) is 71.7 cm³/mol. The summed E-state index contributed by atoms with van der Waals surface area (Å²) in [5.74, 6) is 0.495. The molecule has 0 spiro atoms. The fourth-order valence-electron chi connectivity index (χ4n) is 1.33. The van der Waals surface area contributed by atoms with E-state index in [0.717, 1.165) is 19.6 Å². The van der Waals surface area contributed by atoms with Crippen LogP contribution in [0.5, 0.6) is 0 Å². The number of carbonyl (C=O) groups is 1. The van der Waals surface area contributed by atoms with Crippen LogP contribution in [0, 0.1) is 0 Å². The van der Waals surface area contributed by atoms with Crippen LogP contribution in [0.15, 0.2) is 12.4 Å². The molecule has 6 heteroatoms. The Morgan fingerprint density at radius 2 is 2.11 bits per heavy atom. The summed E-state index contributed by atoms with van der Waals surface area (Å²) < 4.78 is 0. The summed E-state index contributed by atoms with van der Waals surface area (Å²) >= 11 is 0. The SMILES string of the molecule is CCNc1cnc(C(=O)NCCN(C)CC)cn1. The van der Waals surface area contributed by atoms with Crippen LogP contribution in [0.4, 0.5) is 5.82 Å². The van der Waals surface area contributed by atoms with E-state index in [1.165, 1.54) is 6.20 Å². The number of nitrogens with one attached hydrogen (secondary N) is 2. The molecule has 0 atom stereocenters. The molecular formula is C12H21N5O. The maximum atomic E-state index is 11.7. The highest BCUT2D eigenvalue weighted by molar-refractivity contribution is 5.91. The number of amides is 1. The van der Waals surface area contributed by atoms with E-state index in [0.29, 0.717) is 18.1 Å². The van der Waals surface area contributed by atoms with Gasteiger partial charge in [-0.1, -0.05) is 6.92 Å². The van der Waals surface area contributed by atoms with Gasteiger partial charge in [0, 0.05) is 19.6 Å². The summed E-state index contributed by atoms with van der Waals surface area (Å²) in [5, 5.41) is 5.84. The zero-order valence-corrected chi connectivity index (χ0v) is 11.2. The maximum absolute atomic E-state index is 11.7. The fourth-order valence-corrected chi connectivity index (χ4v) is 1.33. The molecule has 0 aliphatic carbocycles. The van der Waals surface area contributed by atoms with Gasteiger partial charge in [0.25, 0.3) is 5.91 Å². The number of hydrogen-bond acceptors (Lipinski definition) is 5. The minimum absolute atomic E-state index is 0.185. The summed E-state index contributed by atoms with van der Waals surface area (Å²) in [4.78, 5) is 22.0. The Balaban J connectivity index is 2.41. The molecule has 0 saturated heterocycles. The van der Waals surface area contributed by atoms with E-state index < -0.39 is 0 Å². The molecule has 0 saturated carbocycles. The number of aromatic nitrogens is 2. The zero-order chi connectivity index (χ0) is 13.4. The molecule has 0 aromatic carbocycles. The number of carbonyl (C=O) groups excluding carboxylic acids is 1. The first-order chi connectivity index (χ1) is 8.67. The van der Waals surface area contributed by atoms with Gasteiger partial charge in [-0.15, -0.1) is 0 Å². The molecule has 2 N–H and O–H groups in total. The van der Waals surface area contributed by atoms with Crippen molar-refractivity contribution >= 4 is 11.7 Å². The molecule has 1 heterocycles. The zero-order valence-electron chi connectivity index (χ0n) is 11.2. The van der Waals surface area contributed by atoms with Crippen LogP contribution in [0.1, 0.15) is 24.3 Å². The number of hydrogen-bond donors (Lipinski definition) is 2. The molecule has 100 valence electrons. The van der Waals surface area contributed by atoms with Crippen LogP contribution in [-0.4, -0.2) is 54.0 Å². The third kappa shape index (κ3) is 4.67. The highest BCUT2D eigenvalue weighted by Crippen LogP contribution is 2.00. The topological polar surface area (TPSA) is 70.2 Å². The summed E-state index contributed by atoms with van der Waals surface area (Å²) in [6.45, 7) is 7.24. The van der Waals surface area contributed by atoms with Crippen LogP contribution >= 0.6 is 0 Å². The van der Waals surface area contributed by atoms with Gasteiger partial charge >= 0.3 is 0 Å². The summed E-state index contributed by atoms with van der Waals surface area (Å²) in [5.41, 5.74) is 0.343. The van der Waals surface area contributed by atoms with Gasteiger partial charge in [-0.25, -0.2) is 9.97 Å². The lowest BCUT2D eigenvalue weighted by Gasteiger charge is -2.13. The Bertz CT molecular complexity index is 365. The smallest absolute Gasteiger partial charge is 0.271 e. The van der Waals surface area contributed by atoms with Crippen molar-refractivity contribution in [3.63, 3.8) is 0 Å². The van der Waals surface area contributed by atoms with Gasteiger partial charge in [0.15, 0.2) is 0 Å². The first-order valence-corrected chi connectivity index (χ1v) is 6.20. The summed E-state index contributed by atoms with van der Waals surface area (Å²) in [6.07, 6.45) is 3.05. The molecule has 1 aromatic rings. The normalized spacial score (nSPS) is 10.4. The Morgan fingerprint density at radius 1 is 1.33 bits per heavy atom. The van der Waals surface area contributed by atoms with Crippen LogP contribution in [0.2, 0.25) is 0 Å². The Morgan fingerprint density at radius 3 is 2.67 bits per heavy atom. The molecule has 0 radical (unpaired) electrons. The van der Waals surface area contributed by atoms with Gasteiger partial charge in [0.2, 0.25) is 0 Å². The van der Waals surface area contributed by atoms with Gasteiger partial charge in [-0.2, -0.15) is 0 Å². The molecule has 0 aliphatic rings. The predicted octanol–water partition coefficient (Wildman–Crippen LogP) is 0.590. The quantitative estimate of drug-likeness (QED) is 0.742. The standard InChI is InChI=1S/C12H21N5O/c1-4-13-11-9-15-10(8-16-11)12(18)14-6-7-17(3)5-2/h8-9H,4-7H2,1-3H3,(H,13,16)(H,14,18). The van der Waals surface area contributed by atoms with Crippen molar-refractivity contribution in [1.82, 2.24) is 20.2 Å². The highest BCUT2D eigenvalue weighted by Gasteiger charge is 2.07. The van der Waals surface area contributed by atoms with Gasteiger partial charge in [-0.3, -0.25) is 4.79 Å². The van der Waals surface area contributed by atoms with Gasteiger partial charge in [0.1, 0.15) is 11.5 Å². The van der Waals surface area contributed by atoms with Crippen molar-refractivity contribution in [2.24, 2.45) is 0 Å². The Kier molecular flexibility index (Phi) is 6.07. The number of anilines is 1. The van der Waals surface area contributed by atoms with E-state index in [9.17, 15) is 4.79 Å². The van der Waals surface area contributed by atoms with Crippen molar-refractivity contribution in [2.75, 3.05) is 38.5 Å². The van der Waals surface area contributed by atoms with Crippen LogP contribution in [0.25, 0.3) is 0 Å². The van der Waals surface area contributed by atoms with E-state index in [1.54, 1.807) is 6.20 Å². The third-order valence-electron chi connectivity index (χ3n) is 2.56. The van der Waals surface area contributed by atoms with Crippen molar-refractivity contribution in [1.29, 1.82) is 0 Å². The first kappa shape index (κ1) is 14.4. The van der Waals surface area contributed by atoms with Crippen LogP contribution < -0.4 is 10.6 Å². The van der Waals surface area contributed by atoms with E-state index in [2.05, 4.69) is 32.4 Å². The second-order valence-corrected chi connectivity index (χ2v) is 3.97. The minimum atomic E-state index is -0.185. The van der Waals surface area contributed by atoms with E-state index in [-0.39, 0.29) is 5.91 Å². The van der Waals surface area contributed by atoms with Gasteiger partial charge in [-0.05, 0) is 20.5 Å². The molecule has 0 aliphatic heterocycles. The fraction of sp³-hybridized carbons (Fsp3) is 0.583. The highest BCUT2D eigenvalue weighted by atomic mass is 16.1. The second-order valence-electron chi connectivity index (χ2n) is 3.97. The number of likely N-dealkylation sites (N-methyl/N-ethyl adjacent to an activating group) is 1. The monoisotopic (exact) mass is 251 g/mol. The van der Waals surface area contributed by atoms with Crippen molar-refractivity contribution in [3.8, 4) is 0 Å². The molecule has 1 aromatic heterocycles. The second kappa shape index (κ2) is 7.60. The molecule has 18 heavy (non-hydrogen) atoms. The molecule has 0 fully saturated rings. The van der Waals surface area contributed by atoms with Gasteiger partial charge < -0.3 is 15.5 Å². The molecule has 6 nitrogen and oxygen atoms in total. The average molecular weight is 251 g/mol. The first-order valence-electron chi connectivity index (χ1n) is 6.20. The lowest BCUT2D eigenvalue weighted by atomic mass is 10.4. The van der Waals surface area contributed by atoms with E-state index in [1.807, 2.05) is 14.0 Å². The maximum Gasteiger partial charge on any atom is 0.271 e. The van der Waals surface area contributed by atoms with Crippen LogP contribution in [-0.2, 0) is 0 Å². The average Bonchev–Trinajstić information content (AvgIpc) is 2.39.